The second kappa shape index (κ2) is 8.92. The third-order valence-electron chi connectivity index (χ3n) is 6.49. The van der Waals surface area contributed by atoms with Crippen LogP contribution < -0.4 is 4.90 Å². The minimum absolute atomic E-state index is 0.866. The molecule has 0 unspecified atom stereocenters. The Labute approximate surface area is 200 Å². The van der Waals surface area contributed by atoms with Gasteiger partial charge in [0.2, 0.25) is 0 Å². The van der Waals surface area contributed by atoms with Gasteiger partial charge in [0.1, 0.15) is 0 Å². The fourth-order valence-electron chi connectivity index (χ4n) is 4.86. The van der Waals surface area contributed by atoms with Crippen LogP contribution >= 0.6 is 0 Å². The van der Waals surface area contributed by atoms with Crippen LogP contribution in [0.25, 0.3) is 27.5 Å². The van der Waals surface area contributed by atoms with Crippen LogP contribution in [0.4, 0.5) is 5.69 Å². The summed E-state index contributed by atoms with van der Waals surface area (Å²) in [6.45, 7) is 1.73. The molecule has 0 atom stereocenters. The van der Waals surface area contributed by atoms with E-state index in [9.17, 15) is 0 Å². The Morgan fingerprint density at radius 2 is 0.882 bits per heavy atom. The maximum Gasteiger partial charge on any atom is 0.0541 e. The van der Waals surface area contributed by atoms with Gasteiger partial charge in [-0.25, -0.2) is 0 Å². The molecule has 1 heterocycles. The van der Waals surface area contributed by atoms with Crippen LogP contribution in [0.15, 0.2) is 133 Å². The number of benzene rings is 5. The van der Waals surface area contributed by atoms with Gasteiger partial charge in [-0.3, -0.25) is 0 Å². The average Bonchev–Trinajstić information content (AvgIpc) is 3.24. The smallest absolute Gasteiger partial charge is 0.0541 e. The molecule has 0 spiro atoms. The van der Waals surface area contributed by atoms with Crippen LogP contribution in [-0.4, -0.2) is 4.57 Å². The molecule has 0 aliphatic carbocycles. The monoisotopic (exact) mass is 438 g/mol. The second-order valence-corrected chi connectivity index (χ2v) is 8.71. The number of hydrogen-bond donors (Lipinski definition) is 0. The van der Waals surface area contributed by atoms with E-state index >= 15 is 0 Å². The molecular formula is C32H26N2. The molecule has 2 nitrogen and oxygen atoms in total. The quantitative estimate of drug-likeness (QED) is 0.256. The van der Waals surface area contributed by atoms with E-state index in [2.05, 4.69) is 143 Å². The summed E-state index contributed by atoms with van der Waals surface area (Å²) >= 11 is 0. The molecule has 0 aliphatic rings. The Hall–Kier alpha value is -4.30. The molecule has 6 aromatic rings. The Kier molecular flexibility index (Phi) is 5.33. The molecule has 0 bridgehead atoms. The maximum absolute atomic E-state index is 2.44. The SMILES string of the molecule is c1ccc(CN(Cc2ccccc2)c2ccc(-n3c4ccccc4c4ccccc43)cc2)cc1. The fraction of sp³-hybridized carbons (Fsp3) is 0.0625. The predicted molar refractivity (Wildman–Crippen MR) is 144 cm³/mol. The highest BCUT2D eigenvalue weighted by molar-refractivity contribution is 6.09. The van der Waals surface area contributed by atoms with E-state index in [0.717, 1.165) is 13.1 Å². The summed E-state index contributed by atoms with van der Waals surface area (Å²) < 4.78 is 2.37. The first-order valence-electron chi connectivity index (χ1n) is 11.8. The van der Waals surface area contributed by atoms with Crippen molar-refractivity contribution in [3.63, 3.8) is 0 Å². The van der Waals surface area contributed by atoms with Gasteiger partial charge >= 0.3 is 0 Å². The highest BCUT2D eigenvalue weighted by Gasteiger charge is 2.13. The van der Waals surface area contributed by atoms with Crippen molar-refractivity contribution in [1.82, 2.24) is 4.57 Å². The molecule has 0 saturated heterocycles. The zero-order valence-electron chi connectivity index (χ0n) is 19.0. The lowest BCUT2D eigenvalue weighted by molar-refractivity contribution is 0.800. The summed E-state index contributed by atoms with van der Waals surface area (Å²) in [6.07, 6.45) is 0. The standard InChI is InChI=1S/C32H26N2/c1-3-11-25(12-4-1)23-33(24-26-13-5-2-6-14-26)27-19-21-28(22-20-27)34-31-17-9-7-15-29(31)30-16-8-10-18-32(30)34/h1-22H,23-24H2. The Morgan fingerprint density at radius 1 is 0.441 bits per heavy atom. The van der Waals surface area contributed by atoms with Crippen LogP contribution in [0.2, 0.25) is 0 Å². The molecule has 0 saturated carbocycles. The number of para-hydroxylation sites is 2. The third kappa shape index (κ3) is 3.84. The molecule has 0 radical (unpaired) electrons. The first kappa shape index (κ1) is 20.3. The van der Waals surface area contributed by atoms with Crippen molar-refractivity contribution in [2.24, 2.45) is 0 Å². The summed E-state index contributed by atoms with van der Waals surface area (Å²) in [5, 5.41) is 2.58. The molecule has 6 rings (SSSR count). The van der Waals surface area contributed by atoms with Crippen LogP contribution in [0, 0.1) is 0 Å². The average molecular weight is 439 g/mol. The lowest BCUT2D eigenvalue weighted by Crippen LogP contribution is -2.22. The molecule has 1 aromatic heterocycles. The molecule has 0 aliphatic heterocycles. The van der Waals surface area contributed by atoms with E-state index in [1.165, 1.54) is 44.3 Å². The van der Waals surface area contributed by atoms with E-state index < -0.39 is 0 Å². The summed E-state index contributed by atoms with van der Waals surface area (Å²) in [5.41, 5.74) is 7.50. The van der Waals surface area contributed by atoms with Crippen molar-refractivity contribution < 1.29 is 0 Å². The normalized spacial score (nSPS) is 11.2. The topological polar surface area (TPSA) is 8.17 Å². The molecular weight excluding hydrogens is 412 g/mol. The zero-order valence-corrected chi connectivity index (χ0v) is 19.0. The van der Waals surface area contributed by atoms with Gasteiger partial charge in [0.25, 0.3) is 0 Å². The van der Waals surface area contributed by atoms with Crippen molar-refractivity contribution in [2.75, 3.05) is 4.90 Å². The molecule has 164 valence electrons. The van der Waals surface area contributed by atoms with Crippen molar-refractivity contribution >= 4 is 27.5 Å². The third-order valence-corrected chi connectivity index (χ3v) is 6.49. The van der Waals surface area contributed by atoms with E-state index in [0.29, 0.717) is 0 Å². The van der Waals surface area contributed by atoms with Crippen LogP contribution in [0.5, 0.6) is 0 Å². The van der Waals surface area contributed by atoms with Gasteiger partial charge in [0, 0.05) is 35.2 Å². The van der Waals surface area contributed by atoms with Gasteiger partial charge in [-0.15, -0.1) is 0 Å². The largest absolute Gasteiger partial charge is 0.363 e. The second-order valence-electron chi connectivity index (χ2n) is 8.71. The van der Waals surface area contributed by atoms with E-state index in [-0.39, 0.29) is 0 Å². The number of anilines is 1. The molecule has 0 amide bonds. The van der Waals surface area contributed by atoms with Crippen molar-refractivity contribution in [1.29, 1.82) is 0 Å². The highest BCUT2D eigenvalue weighted by atomic mass is 15.1. The maximum atomic E-state index is 2.44. The number of nitrogens with zero attached hydrogens (tertiary/aromatic N) is 2. The Balaban J connectivity index is 1.40. The minimum Gasteiger partial charge on any atom is -0.363 e. The number of hydrogen-bond acceptors (Lipinski definition) is 1. The highest BCUT2D eigenvalue weighted by Crippen LogP contribution is 2.32. The Morgan fingerprint density at radius 3 is 1.38 bits per heavy atom. The summed E-state index contributed by atoms with van der Waals surface area (Å²) in [5.74, 6) is 0. The van der Waals surface area contributed by atoms with Gasteiger partial charge in [-0.2, -0.15) is 0 Å². The van der Waals surface area contributed by atoms with E-state index in [1.807, 2.05) is 0 Å². The van der Waals surface area contributed by atoms with E-state index in [4.69, 9.17) is 0 Å². The molecule has 34 heavy (non-hydrogen) atoms. The predicted octanol–water partition coefficient (Wildman–Crippen LogP) is 7.99. The number of aromatic nitrogens is 1. The van der Waals surface area contributed by atoms with Gasteiger partial charge in [-0.1, -0.05) is 97.1 Å². The van der Waals surface area contributed by atoms with Crippen LogP contribution in [0.3, 0.4) is 0 Å². The van der Waals surface area contributed by atoms with Gasteiger partial charge in [0.15, 0.2) is 0 Å². The Bertz CT molecular complexity index is 1440. The first-order chi connectivity index (χ1) is 16.9. The number of rotatable bonds is 6. The first-order valence-corrected chi connectivity index (χ1v) is 11.8. The van der Waals surface area contributed by atoms with Gasteiger partial charge in [-0.05, 0) is 47.5 Å². The number of fused-ring (bicyclic) bond motifs is 3. The molecule has 5 aromatic carbocycles. The van der Waals surface area contributed by atoms with Gasteiger partial charge < -0.3 is 9.47 Å². The van der Waals surface area contributed by atoms with Crippen LogP contribution in [-0.2, 0) is 13.1 Å². The lowest BCUT2D eigenvalue weighted by Gasteiger charge is -2.26. The lowest BCUT2D eigenvalue weighted by atomic mass is 10.1. The van der Waals surface area contributed by atoms with Crippen molar-refractivity contribution in [3.05, 3.63) is 145 Å². The zero-order chi connectivity index (χ0) is 22.7. The fourth-order valence-corrected chi connectivity index (χ4v) is 4.86. The van der Waals surface area contributed by atoms with Crippen LogP contribution in [0.1, 0.15) is 11.1 Å². The molecule has 0 N–H and O–H groups in total. The molecule has 0 fully saturated rings. The van der Waals surface area contributed by atoms with Gasteiger partial charge in [0.05, 0.1) is 11.0 Å². The summed E-state index contributed by atoms with van der Waals surface area (Å²) in [6, 6.07) is 47.7. The minimum atomic E-state index is 0.866. The summed E-state index contributed by atoms with van der Waals surface area (Å²) in [4.78, 5) is 2.44. The summed E-state index contributed by atoms with van der Waals surface area (Å²) in [7, 11) is 0. The van der Waals surface area contributed by atoms with Crippen molar-refractivity contribution in [2.45, 2.75) is 13.1 Å². The molecule has 2 heteroatoms. The van der Waals surface area contributed by atoms with E-state index in [1.54, 1.807) is 0 Å². The van der Waals surface area contributed by atoms with Crippen molar-refractivity contribution in [3.8, 4) is 5.69 Å².